The molecule has 1 heterocycles. The average molecular weight is 286 g/mol. The molecule has 6 heteroatoms. The van der Waals surface area contributed by atoms with E-state index in [0.717, 1.165) is 17.7 Å². The first-order valence-electron chi connectivity index (χ1n) is 5.94. The van der Waals surface area contributed by atoms with Gasteiger partial charge in [0.15, 0.2) is 0 Å². The van der Waals surface area contributed by atoms with Crippen LogP contribution in [0.3, 0.4) is 0 Å². The third-order valence-corrected chi connectivity index (χ3v) is 6.07. The normalized spacial score (nSPS) is 19.0. The van der Waals surface area contributed by atoms with Crippen LogP contribution in [0.15, 0.2) is 34.1 Å². The molecule has 0 amide bonds. The van der Waals surface area contributed by atoms with E-state index in [1.807, 2.05) is 18.4 Å². The van der Waals surface area contributed by atoms with Crippen LogP contribution in [-0.2, 0) is 10.0 Å². The Labute approximate surface area is 113 Å². The lowest BCUT2D eigenvalue weighted by molar-refractivity contribution is 0.319. The number of sulfonamides is 1. The molecule has 1 saturated heterocycles. The average Bonchev–Trinajstić information content (AvgIpc) is 2.39. The second-order valence-electron chi connectivity index (χ2n) is 4.39. The van der Waals surface area contributed by atoms with Crippen LogP contribution in [0.5, 0.6) is 0 Å². The van der Waals surface area contributed by atoms with Crippen LogP contribution in [-0.4, -0.2) is 38.1 Å². The van der Waals surface area contributed by atoms with Crippen molar-refractivity contribution in [2.24, 2.45) is 5.73 Å². The van der Waals surface area contributed by atoms with Gasteiger partial charge in [-0.25, -0.2) is 8.42 Å². The highest BCUT2D eigenvalue weighted by molar-refractivity contribution is 7.99. The fraction of sp³-hybridized carbons (Fsp3) is 0.500. The number of nitrogens with zero attached hydrogens (tertiary/aromatic N) is 1. The van der Waals surface area contributed by atoms with Gasteiger partial charge in [-0.3, -0.25) is 0 Å². The van der Waals surface area contributed by atoms with Gasteiger partial charge in [0.1, 0.15) is 0 Å². The summed E-state index contributed by atoms with van der Waals surface area (Å²) >= 11 is 1.46. The van der Waals surface area contributed by atoms with E-state index >= 15 is 0 Å². The molecule has 0 aliphatic carbocycles. The van der Waals surface area contributed by atoms with E-state index in [1.54, 1.807) is 16.4 Å². The smallest absolute Gasteiger partial charge is 0.244 e. The first kappa shape index (κ1) is 13.9. The first-order valence-corrected chi connectivity index (χ1v) is 8.61. The summed E-state index contributed by atoms with van der Waals surface area (Å²) in [5.74, 6) is 0. The van der Waals surface area contributed by atoms with Gasteiger partial charge >= 0.3 is 0 Å². The lowest BCUT2D eigenvalue weighted by Crippen LogP contribution is -2.42. The van der Waals surface area contributed by atoms with Crippen molar-refractivity contribution in [2.45, 2.75) is 28.7 Å². The minimum Gasteiger partial charge on any atom is -0.328 e. The molecule has 4 nitrogen and oxygen atoms in total. The highest BCUT2D eigenvalue weighted by Crippen LogP contribution is 2.28. The number of hydrogen-bond donors (Lipinski definition) is 1. The molecule has 1 fully saturated rings. The van der Waals surface area contributed by atoms with E-state index in [-0.39, 0.29) is 6.04 Å². The Bertz CT molecular complexity index is 509. The summed E-state index contributed by atoms with van der Waals surface area (Å²) in [7, 11) is -3.37. The molecule has 0 aromatic heterocycles. The van der Waals surface area contributed by atoms with E-state index in [2.05, 4.69) is 0 Å². The van der Waals surface area contributed by atoms with Crippen molar-refractivity contribution in [3.63, 3.8) is 0 Å². The van der Waals surface area contributed by atoms with Crippen molar-refractivity contribution in [1.29, 1.82) is 0 Å². The Morgan fingerprint density at radius 3 is 2.50 bits per heavy atom. The highest BCUT2D eigenvalue weighted by Gasteiger charge is 2.29. The minimum atomic E-state index is -3.37. The Balaban J connectivity index is 2.30. The second-order valence-corrected chi connectivity index (χ2v) is 7.15. The zero-order chi connectivity index (χ0) is 13.2. The molecule has 0 spiro atoms. The minimum absolute atomic E-state index is 0.132. The molecule has 2 rings (SSSR count). The Morgan fingerprint density at radius 2 is 1.89 bits per heavy atom. The summed E-state index contributed by atoms with van der Waals surface area (Å²) in [6.45, 7) is 1.04. The van der Waals surface area contributed by atoms with Crippen molar-refractivity contribution in [2.75, 3.05) is 19.3 Å². The van der Waals surface area contributed by atoms with Crippen LogP contribution in [0.2, 0.25) is 0 Å². The van der Waals surface area contributed by atoms with E-state index in [0.29, 0.717) is 18.0 Å². The van der Waals surface area contributed by atoms with E-state index in [1.165, 1.54) is 11.8 Å². The van der Waals surface area contributed by atoms with Crippen LogP contribution >= 0.6 is 11.8 Å². The highest BCUT2D eigenvalue weighted by atomic mass is 32.2. The quantitative estimate of drug-likeness (QED) is 0.856. The largest absolute Gasteiger partial charge is 0.328 e. The van der Waals surface area contributed by atoms with Gasteiger partial charge in [0.05, 0.1) is 4.90 Å². The van der Waals surface area contributed by atoms with Gasteiger partial charge in [-0.15, -0.1) is 11.8 Å². The van der Waals surface area contributed by atoms with Gasteiger partial charge in [-0.2, -0.15) is 4.31 Å². The zero-order valence-corrected chi connectivity index (χ0v) is 12.0. The maximum atomic E-state index is 12.5. The molecule has 0 atom stereocenters. The van der Waals surface area contributed by atoms with E-state index in [4.69, 9.17) is 5.73 Å². The van der Waals surface area contributed by atoms with Crippen LogP contribution < -0.4 is 5.73 Å². The number of hydrogen-bond acceptors (Lipinski definition) is 4. The zero-order valence-electron chi connectivity index (χ0n) is 10.4. The fourth-order valence-corrected chi connectivity index (χ4v) is 4.68. The molecular formula is C12H18N2O2S2. The van der Waals surface area contributed by atoms with Crippen molar-refractivity contribution in [3.05, 3.63) is 24.3 Å². The third-order valence-electron chi connectivity index (χ3n) is 3.19. The summed E-state index contributed by atoms with van der Waals surface area (Å²) in [5, 5.41) is 0. The summed E-state index contributed by atoms with van der Waals surface area (Å²) in [6.07, 6.45) is 3.36. The van der Waals surface area contributed by atoms with Gasteiger partial charge in [0, 0.05) is 24.0 Å². The molecule has 100 valence electrons. The molecule has 0 radical (unpaired) electrons. The number of benzene rings is 1. The maximum absolute atomic E-state index is 12.5. The SMILES string of the molecule is CSc1ccccc1S(=O)(=O)N1CCC(N)CC1. The van der Waals surface area contributed by atoms with Crippen molar-refractivity contribution >= 4 is 21.8 Å². The number of rotatable bonds is 3. The van der Waals surface area contributed by atoms with Crippen LogP contribution in [0.1, 0.15) is 12.8 Å². The van der Waals surface area contributed by atoms with E-state index < -0.39 is 10.0 Å². The first-order chi connectivity index (χ1) is 8.55. The van der Waals surface area contributed by atoms with Gasteiger partial charge < -0.3 is 5.73 Å². The van der Waals surface area contributed by atoms with Gasteiger partial charge in [-0.05, 0) is 31.2 Å². The molecule has 1 aliphatic heterocycles. The second kappa shape index (κ2) is 5.61. The molecule has 2 N–H and O–H groups in total. The van der Waals surface area contributed by atoms with Crippen LogP contribution in [0, 0.1) is 0 Å². The van der Waals surface area contributed by atoms with Crippen LogP contribution in [0.25, 0.3) is 0 Å². The van der Waals surface area contributed by atoms with Crippen molar-refractivity contribution in [1.82, 2.24) is 4.31 Å². The Kier molecular flexibility index (Phi) is 4.32. The summed E-state index contributed by atoms with van der Waals surface area (Å²) in [4.78, 5) is 1.21. The molecule has 1 aromatic rings. The summed E-state index contributed by atoms with van der Waals surface area (Å²) in [6, 6.07) is 7.27. The number of thioether (sulfide) groups is 1. The molecule has 1 aromatic carbocycles. The molecule has 18 heavy (non-hydrogen) atoms. The summed E-state index contributed by atoms with van der Waals surface area (Å²) < 4.78 is 26.6. The molecule has 0 bridgehead atoms. The Hall–Kier alpha value is -0.560. The van der Waals surface area contributed by atoms with Crippen molar-refractivity contribution in [3.8, 4) is 0 Å². The van der Waals surface area contributed by atoms with Gasteiger partial charge in [0.25, 0.3) is 0 Å². The monoisotopic (exact) mass is 286 g/mol. The molecule has 1 aliphatic rings. The van der Waals surface area contributed by atoms with E-state index in [9.17, 15) is 8.42 Å². The Morgan fingerprint density at radius 1 is 1.28 bits per heavy atom. The van der Waals surface area contributed by atoms with Crippen LogP contribution in [0.4, 0.5) is 0 Å². The topological polar surface area (TPSA) is 63.4 Å². The molecule has 0 unspecified atom stereocenters. The predicted molar refractivity (Wildman–Crippen MR) is 74.2 cm³/mol. The van der Waals surface area contributed by atoms with Gasteiger partial charge in [0.2, 0.25) is 10.0 Å². The molecule has 0 saturated carbocycles. The lowest BCUT2D eigenvalue weighted by atomic mass is 10.1. The van der Waals surface area contributed by atoms with Gasteiger partial charge in [-0.1, -0.05) is 12.1 Å². The predicted octanol–water partition coefficient (Wildman–Crippen LogP) is 1.52. The maximum Gasteiger partial charge on any atom is 0.244 e. The molecular weight excluding hydrogens is 268 g/mol. The fourth-order valence-electron chi connectivity index (χ4n) is 2.09. The third kappa shape index (κ3) is 2.71. The van der Waals surface area contributed by atoms with Crippen molar-refractivity contribution < 1.29 is 8.42 Å². The number of nitrogens with two attached hydrogens (primary N) is 1. The number of piperidine rings is 1. The standard InChI is InChI=1S/C12H18N2O2S2/c1-17-11-4-2-3-5-12(11)18(15,16)14-8-6-10(13)7-9-14/h2-5,10H,6-9,13H2,1H3. The lowest BCUT2D eigenvalue weighted by Gasteiger charge is -2.29. The summed E-state index contributed by atoms with van der Waals surface area (Å²) in [5.41, 5.74) is 5.81.